The zero-order chi connectivity index (χ0) is 14.5. The zero-order valence-corrected chi connectivity index (χ0v) is 12.1. The highest BCUT2D eigenvalue weighted by Crippen LogP contribution is 2.23. The highest BCUT2D eigenvalue weighted by atomic mass is 16.1. The van der Waals surface area contributed by atoms with E-state index < -0.39 is 0 Å². The highest BCUT2D eigenvalue weighted by molar-refractivity contribution is 5.92. The quantitative estimate of drug-likeness (QED) is 0.879. The third-order valence-electron chi connectivity index (χ3n) is 3.29. The van der Waals surface area contributed by atoms with E-state index in [4.69, 9.17) is 0 Å². The number of nitrogens with one attached hydrogen (secondary N) is 2. The number of aryl methyl sites for hydroxylation is 1. The molecule has 0 radical (unpaired) electrons. The Morgan fingerprint density at radius 1 is 1.35 bits per heavy atom. The molecule has 0 atom stereocenters. The van der Waals surface area contributed by atoms with Crippen LogP contribution in [0.15, 0.2) is 30.6 Å². The maximum absolute atomic E-state index is 11.5. The fourth-order valence-electron chi connectivity index (χ4n) is 1.94. The molecule has 0 bridgehead atoms. The van der Waals surface area contributed by atoms with Gasteiger partial charge < -0.3 is 15.2 Å². The first-order valence-corrected chi connectivity index (χ1v) is 6.71. The molecule has 1 aromatic carbocycles. The van der Waals surface area contributed by atoms with Crippen LogP contribution in [-0.4, -0.2) is 15.5 Å². The average Bonchev–Trinajstić information content (AvgIpc) is 2.85. The number of nitrogens with zero attached hydrogens (tertiary/aromatic N) is 2. The van der Waals surface area contributed by atoms with Gasteiger partial charge in [0.15, 0.2) is 0 Å². The summed E-state index contributed by atoms with van der Waals surface area (Å²) in [5.74, 6) is 0.988. The van der Waals surface area contributed by atoms with Crippen LogP contribution in [0.25, 0.3) is 0 Å². The van der Waals surface area contributed by atoms with E-state index in [-0.39, 0.29) is 5.91 Å². The van der Waals surface area contributed by atoms with Crippen LogP contribution in [0.3, 0.4) is 0 Å². The molecule has 0 aliphatic heterocycles. The molecule has 1 aromatic heterocycles. The van der Waals surface area contributed by atoms with Crippen LogP contribution in [0.4, 0.5) is 11.4 Å². The first-order valence-electron chi connectivity index (χ1n) is 6.71. The maximum atomic E-state index is 11.5. The number of hydrogen-bond acceptors (Lipinski definition) is 3. The first-order chi connectivity index (χ1) is 9.61. The Labute approximate surface area is 119 Å². The third-order valence-corrected chi connectivity index (χ3v) is 3.29. The monoisotopic (exact) mass is 272 g/mol. The van der Waals surface area contributed by atoms with Gasteiger partial charge >= 0.3 is 0 Å². The van der Waals surface area contributed by atoms with Gasteiger partial charge in [-0.3, -0.25) is 4.79 Å². The molecule has 1 heterocycles. The van der Waals surface area contributed by atoms with E-state index in [0.29, 0.717) is 13.0 Å². The number of amides is 1. The lowest BCUT2D eigenvalue weighted by atomic mass is 10.1. The van der Waals surface area contributed by atoms with Gasteiger partial charge in [-0.2, -0.15) is 0 Å². The van der Waals surface area contributed by atoms with Gasteiger partial charge in [0.05, 0.1) is 6.54 Å². The SMILES string of the molecule is CCC(=O)Nc1cccc(NCc2nccn2C)c1C. The van der Waals surface area contributed by atoms with Gasteiger partial charge in [-0.05, 0) is 24.6 Å². The number of rotatable bonds is 5. The minimum Gasteiger partial charge on any atom is -0.378 e. The van der Waals surface area contributed by atoms with Gasteiger partial charge in [-0.1, -0.05) is 13.0 Å². The van der Waals surface area contributed by atoms with Crippen LogP contribution in [0.2, 0.25) is 0 Å². The standard InChI is InChI=1S/C15H20N4O/c1-4-15(20)18-13-7-5-6-12(11(13)2)17-10-14-16-8-9-19(14)3/h5-9,17H,4,10H2,1-3H3,(H,18,20). The van der Waals surface area contributed by atoms with Crippen molar-refractivity contribution in [3.63, 3.8) is 0 Å². The molecule has 1 amide bonds. The van der Waals surface area contributed by atoms with Crippen molar-refractivity contribution in [3.8, 4) is 0 Å². The van der Waals surface area contributed by atoms with Crippen LogP contribution in [-0.2, 0) is 18.4 Å². The first kappa shape index (κ1) is 14.1. The Morgan fingerprint density at radius 2 is 2.10 bits per heavy atom. The zero-order valence-electron chi connectivity index (χ0n) is 12.1. The highest BCUT2D eigenvalue weighted by Gasteiger charge is 2.07. The Morgan fingerprint density at radius 3 is 2.75 bits per heavy atom. The summed E-state index contributed by atoms with van der Waals surface area (Å²) in [6.07, 6.45) is 4.17. The molecule has 0 fully saturated rings. The van der Waals surface area contributed by atoms with Crippen molar-refractivity contribution in [1.82, 2.24) is 9.55 Å². The van der Waals surface area contributed by atoms with Gasteiger partial charge in [0.25, 0.3) is 0 Å². The Kier molecular flexibility index (Phi) is 4.40. The second-order valence-corrected chi connectivity index (χ2v) is 4.69. The molecule has 0 spiro atoms. The summed E-state index contributed by atoms with van der Waals surface area (Å²) in [5.41, 5.74) is 2.88. The number of benzene rings is 1. The number of aromatic nitrogens is 2. The molecular formula is C15H20N4O. The summed E-state index contributed by atoms with van der Waals surface area (Å²) in [6.45, 7) is 4.48. The van der Waals surface area contributed by atoms with Gasteiger partial charge in [0.2, 0.25) is 5.91 Å². The fraction of sp³-hybridized carbons (Fsp3) is 0.333. The number of hydrogen-bond donors (Lipinski definition) is 2. The average molecular weight is 272 g/mol. The van der Waals surface area contributed by atoms with Crippen molar-refractivity contribution in [2.24, 2.45) is 7.05 Å². The van der Waals surface area contributed by atoms with Crippen LogP contribution in [0.1, 0.15) is 24.7 Å². The van der Waals surface area contributed by atoms with Crippen LogP contribution in [0, 0.1) is 6.92 Å². The fourth-order valence-corrected chi connectivity index (χ4v) is 1.94. The summed E-state index contributed by atoms with van der Waals surface area (Å²) in [4.78, 5) is 15.8. The van der Waals surface area contributed by atoms with Crippen molar-refractivity contribution >= 4 is 17.3 Å². The summed E-state index contributed by atoms with van der Waals surface area (Å²) in [7, 11) is 1.97. The Bertz CT molecular complexity index is 604. The second-order valence-electron chi connectivity index (χ2n) is 4.69. The Balaban J connectivity index is 2.10. The number of imidazole rings is 1. The molecule has 20 heavy (non-hydrogen) atoms. The molecule has 106 valence electrons. The van der Waals surface area contributed by atoms with Crippen LogP contribution >= 0.6 is 0 Å². The number of carbonyl (C=O) groups excluding carboxylic acids is 1. The van der Waals surface area contributed by atoms with E-state index >= 15 is 0 Å². The molecule has 0 unspecified atom stereocenters. The molecular weight excluding hydrogens is 252 g/mol. The molecule has 0 aliphatic carbocycles. The maximum Gasteiger partial charge on any atom is 0.224 e. The smallest absolute Gasteiger partial charge is 0.224 e. The predicted octanol–water partition coefficient (Wildman–Crippen LogP) is 2.69. The summed E-state index contributed by atoms with van der Waals surface area (Å²) >= 11 is 0. The Hall–Kier alpha value is -2.30. The van der Waals surface area contributed by atoms with E-state index in [0.717, 1.165) is 22.8 Å². The van der Waals surface area contributed by atoms with E-state index in [1.165, 1.54) is 0 Å². The van der Waals surface area contributed by atoms with Crippen LogP contribution < -0.4 is 10.6 Å². The third kappa shape index (κ3) is 3.17. The van der Waals surface area contributed by atoms with Gasteiger partial charge in [0, 0.05) is 37.2 Å². The molecule has 2 aromatic rings. The molecule has 0 saturated carbocycles. The van der Waals surface area contributed by atoms with E-state index in [1.807, 2.05) is 49.9 Å². The lowest BCUT2D eigenvalue weighted by Crippen LogP contribution is -2.12. The van der Waals surface area contributed by atoms with Crippen molar-refractivity contribution in [2.45, 2.75) is 26.8 Å². The van der Waals surface area contributed by atoms with Crippen molar-refractivity contribution in [3.05, 3.63) is 42.0 Å². The van der Waals surface area contributed by atoms with E-state index in [9.17, 15) is 4.79 Å². The molecule has 2 N–H and O–H groups in total. The lowest BCUT2D eigenvalue weighted by Gasteiger charge is -2.13. The number of anilines is 2. The van der Waals surface area contributed by atoms with Crippen LogP contribution in [0.5, 0.6) is 0 Å². The minimum atomic E-state index is 0.0225. The van der Waals surface area contributed by atoms with Crippen molar-refractivity contribution in [1.29, 1.82) is 0 Å². The van der Waals surface area contributed by atoms with Crippen molar-refractivity contribution < 1.29 is 4.79 Å². The second kappa shape index (κ2) is 6.23. The summed E-state index contributed by atoms with van der Waals surface area (Å²) < 4.78 is 1.98. The molecule has 5 nitrogen and oxygen atoms in total. The van der Waals surface area contributed by atoms with Gasteiger partial charge in [-0.25, -0.2) is 4.98 Å². The van der Waals surface area contributed by atoms with E-state index in [2.05, 4.69) is 15.6 Å². The van der Waals surface area contributed by atoms with Gasteiger partial charge in [0.1, 0.15) is 5.82 Å². The molecule has 0 aliphatic rings. The topological polar surface area (TPSA) is 59.0 Å². The normalized spacial score (nSPS) is 10.3. The molecule has 5 heteroatoms. The predicted molar refractivity (Wildman–Crippen MR) is 80.6 cm³/mol. The van der Waals surface area contributed by atoms with E-state index in [1.54, 1.807) is 6.20 Å². The van der Waals surface area contributed by atoms with Gasteiger partial charge in [-0.15, -0.1) is 0 Å². The summed E-state index contributed by atoms with van der Waals surface area (Å²) in [5, 5.41) is 6.26. The largest absolute Gasteiger partial charge is 0.378 e. The lowest BCUT2D eigenvalue weighted by molar-refractivity contribution is -0.115. The molecule has 0 saturated heterocycles. The number of carbonyl (C=O) groups is 1. The minimum absolute atomic E-state index is 0.0225. The molecule has 2 rings (SSSR count). The summed E-state index contributed by atoms with van der Waals surface area (Å²) in [6, 6.07) is 5.84. The van der Waals surface area contributed by atoms with Crippen molar-refractivity contribution in [2.75, 3.05) is 10.6 Å².